The molecule has 1 rings (SSSR count). The molecule has 27 heavy (non-hydrogen) atoms. The van der Waals surface area contributed by atoms with Crippen molar-refractivity contribution in [2.45, 2.75) is 91.0 Å². The fourth-order valence-electron chi connectivity index (χ4n) is 3.02. The van der Waals surface area contributed by atoms with Crippen LogP contribution in [0.3, 0.4) is 0 Å². The second-order valence-corrected chi connectivity index (χ2v) is 15.6. The fraction of sp³-hybridized carbons (Fsp3) is 0.864. The molecule has 1 aliphatic rings. The minimum Gasteiger partial charge on any atom is -0.459 e. The van der Waals surface area contributed by atoms with Gasteiger partial charge in [0.15, 0.2) is 8.32 Å². The summed E-state index contributed by atoms with van der Waals surface area (Å²) in [5.41, 5.74) is -0.239. The molecule has 0 aromatic rings. The molecule has 1 atom stereocenters. The number of carbonyl (C=O) groups excluding carboxylic acids is 1. The Bertz CT molecular complexity index is 517. The van der Waals surface area contributed by atoms with Crippen LogP contribution in [0, 0.1) is 5.41 Å². The zero-order valence-corrected chi connectivity index (χ0v) is 20.3. The van der Waals surface area contributed by atoms with Crippen molar-refractivity contribution in [3.63, 3.8) is 0 Å². The molecule has 0 saturated carbocycles. The third-order valence-corrected chi connectivity index (χ3v) is 10.4. The van der Waals surface area contributed by atoms with Gasteiger partial charge in [-0.15, -0.1) is 0 Å². The van der Waals surface area contributed by atoms with Gasteiger partial charge in [0.1, 0.15) is 5.60 Å². The molecule has 1 aliphatic carbocycles. The van der Waals surface area contributed by atoms with E-state index in [1.54, 1.807) is 0 Å². The van der Waals surface area contributed by atoms with E-state index in [2.05, 4.69) is 50.9 Å². The summed E-state index contributed by atoms with van der Waals surface area (Å²) in [6, 6.07) is 0. The van der Waals surface area contributed by atoms with Crippen molar-refractivity contribution in [3.8, 4) is 0 Å². The van der Waals surface area contributed by atoms with Crippen LogP contribution in [0.15, 0.2) is 12.2 Å². The molecule has 0 amide bonds. The highest BCUT2D eigenvalue weighted by molar-refractivity contribution is 6.74. The standard InChI is InChI=1S/C22H43NO3Si/c1-20(2,3)26-19(24)17-23(7)16-15-22(13-11-10-12-14-22)18-25-27(8,9)21(4,5)6/h10-11H,12-18H2,1-9H3. The van der Waals surface area contributed by atoms with E-state index in [0.29, 0.717) is 6.54 Å². The third-order valence-electron chi connectivity index (χ3n) is 5.95. The van der Waals surface area contributed by atoms with Crippen LogP contribution in [-0.4, -0.2) is 51.5 Å². The lowest BCUT2D eigenvalue weighted by Crippen LogP contribution is -2.45. The first-order valence-electron chi connectivity index (χ1n) is 10.4. The van der Waals surface area contributed by atoms with Gasteiger partial charge >= 0.3 is 5.97 Å². The van der Waals surface area contributed by atoms with Gasteiger partial charge in [-0.05, 0) is 83.6 Å². The summed E-state index contributed by atoms with van der Waals surface area (Å²) in [5, 5.41) is 0.228. The summed E-state index contributed by atoms with van der Waals surface area (Å²) >= 11 is 0. The maximum absolute atomic E-state index is 12.1. The molecular formula is C22H43NO3Si. The van der Waals surface area contributed by atoms with Crippen LogP contribution >= 0.6 is 0 Å². The SMILES string of the molecule is CN(CCC1(CO[Si](C)(C)C(C)(C)C)CC=CCC1)CC(=O)OC(C)(C)C. The van der Waals surface area contributed by atoms with E-state index >= 15 is 0 Å². The maximum Gasteiger partial charge on any atom is 0.320 e. The maximum atomic E-state index is 12.1. The van der Waals surface area contributed by atoms with Crippen LogP contribution in [0.5, 0.6) is 0 Å². The number of rotatable bonds is 8. The minimum atomic E-state index is -1.76. The highest BCUT2D eigenvalue weighted by atomic mass is 28.4. The average Bonchev–Trinajstić information content (AvgIpc) is 2.49. The van der Waals surface area contributed by atoms with Crippen molar-refractivity contribution in [1.29, 1.82) is 0 Å². The van der Waals surface area contributed by atoms with Gasteiger partial charge in [0.05, 0.1) is 6.54 Å². The molecule has 158 valence electrons. The molecular weight excluding hydrogens is 354 g/mol. The number of carbonyl (C=O) groups is 1. The van der Waals surface area contributed by atoms with Crippen molar-refractivity contribution < 1.29 is 14.0 Å². The second-order valence-electron chi connectivity index (χ2n) is 10.8. The number of hydrogen-bond acceptors (Lipinski definition) is 4. The lowest BCUT2D eigenvalue weighted by Gasteiger charge is -2.42. The Morgan fingerprint density at radius 2 is 1.78 bits per heavy atom. The summed E-state index contributed by atoms with van der Waals surface area (Å²) < 4.78 is 12.1. The molecule has 0 saturated heterocycles. The van der Waals surface area contributed by atoms with Gasteiger partial charge < -0.3 is 9.16 Å². The van der Waals surface area contributed by atoms with Crippen LogP contribution in [0.4, 0.5) is 0 Å². The van der Waals surface area contributed by atoms with Crippen LogP contribution in [0.1, 0.15) is 67.2 Å². The monoisotopic (exact) mass is 397 g/mol. The van der Waals surface area contributed by atoms with Crippen molar-refractivity contribution in [1.82, 2.24) is 4.90 Å². The van der Waals surface area contributed by atoms with E-state index in [-0.39, 0.29) is 16.4 Å². The Balaban J connectivity index is 2.64. The Hall–Kier alpha value is -0.653. The van der Waals surface area contributed by atoms with Crippen molar-refractivity contribution in [2.75, 3.05) is 26.7 Å². The average molecular weight is 398 g/mol. The van der Waals surface area contributed by atoms with Crippen molar-refractivity contribution in [2.24, 2.45) is 5.41 Å². The van der Waals surface area contributed by atoms with E-state index in [1.165, 1.54) is 6.42 Å². The van der Waals surface area contributed by atoms with Crippen LogP contribution in [-0.2, 0) is 14.0 Å². The van der Waals surface area contributed by atoms with E-state index in [4.69, 9.17) is 9.16 Å². The van der Waals surface area contributed by atoms with Gasteiger partial charge in [-0.25, -0.2) is 0 Å². The molecule has 0 aromatic heterocycles. The molecule has 4 nitrogen and oxygen atoms in total. The molecule has 0 heterocycles. The number of hydrogen-bond donors (Lipinski definition) is 0. The number of ether oxygens (including phenoxy) is 1. The summed E-state index contributed by atoms with van der Waals surface area (Å²) in [6.45, 7) is 19.3. The highest BCUT2D eigenvalue weighted by Gasteiger charge is 2.40. The van der Waals surface area contributed by atoms with Crippen LogP contribution < -0.4 is 0 Å². The number of allylic oxidation sites excluding steroid dienone is 2. The third kappa shape index (κ3) is 8.49. The number of likely N-dealkylation sites (N-methyl/N-ethyl adjacent to an activating group) is 1. The van der Waals surface area contributed by atoms with E-state index < -0.39 is 13.9 Å². The Morgan fingerprint density at radius 3 is 2.26 bits per heavy atom. The van der Waals surface area contributed by atoms with Gasteiger partial charge in [0, 0.05) is 6.61 Å². The lowest BCUT2D eigenvalue weighted by atomic mass is 9.75. The van der Waals surface area contributed by atoms with Crippen molar-refractivity contribution in [3.05, 3.63) is 12.2 Å². The Kier molecular flexibility index (Phi) is 8.34. The summed E-state index contributed by atoms with van der Waals surface area (Å²) in [7, 11) is 0.248. The first-order valence-corrected chi connectivity index (χ1v) is 13.3. The van der Waals surface area contributed by atoms with Gasteiger partial charge in [-0.1, -0.05) is 32.9 Å². The van der Waals surface area contributed by atoms with Gasteiger partial charge in [0.25, 0.3) is 0 Å². The smallest absolute Gasteiger partial charge is 0.320 e. The molecule has 0 aromatic carbocycles. The molecule has 5 heteroatoms. The summed E-state index contributed by atoms with van der Waals surface area (Å²) in [4.78, 5) is 14.2. The number of esters is 1. The molecule has 0 fully saturated rings. The first kappa shape index (κ1) is 24.4. The molecule has 0 N–H and O–H groups in total. The molecule has 0 spiro atoms. The molecule has 0 bridgehead atoms. The topological polar surface area (TPSA) is 38.8 Å². The van der Waals surface area contributed by atoms with E-state index in [1.807, 2.05) is 27.8 Å². The predicted octanol–water partition coefficient (Wildman–Crippen LogP) is 5.40. The largest absolute Gasteiger partial charge is 0.459 e. The molecule has 0 aliphatic heterocycles. The fourth-order valence-corrected chi connectivity index (χ4v) is 4.12. The lowest BCUT2D eigenvalue weighted by molar-refractivity contribution is -0.155. The van der Waals surface area contributed by atoms with E-state index in [0.717, 1.165) is 32.4 Å². The summed E-state index contributed by atoms with van der Waals surface area (Å²) in [5.74, 6) is -0.153. The second kappa shape index (κ2) is 9.23. The predicted molar refractivity (Wildman–Crippen MR) is 117 cm³/mol. The zero-order chi connectivity index (χ0) is 20.9. The van der Waals surface area contributed by atoms with Crippen LogP contribution in [0.2, 0.25) is 18.1 Å². The van der Waals surface area contributed by atoms with E-state index in [9.17, 15) is 4.79 Å². The normalized spacial score (nSPS) is 21.6. The highest BCUT2D eigenvalue weighted by Crippen LogP contribution is 2.41. The van der Waals surface area contributed by atoms with Crippen molar-refractivity contribution >= 4 is 14.3 Å². The van der Waals surface area contributed by atoms with Gasteiger partial charge in [-0.2, -0.15) is 0 Å². The first-order chi connectivity index (χ1) is 12.2. The summed E-state index contributed by atoms with van der Waals surface area (Å²) in [6.07, 6.45) is 9.00. The zero-order valence-electron chi connectivity index (χ0n) is 19.3. The number of nitrogens with zero attached hydrogens (tertiary/aromatic N) is 1. The van der Waals surface area contributed by atoms with Gasteiger partial charge in [0.2, 0.25) is 0 Å². The Labute approximate surface area is 168 Å². The van der Waals surface area contributed by atoms with Crippen LogP contribution in [0.25, 0.3) is 0 Å². The Morgan fingerprint density at radius 1 is 1.15 bits per heavy atom. The molecule has 1 unspecified atom stereocenters. The minimum absolute atomic E-state index is 0.153. The quantitative estimate of drug-likeness (QED) is 0.312. The van der Waals surface area contributed by atoms with Gasteiger partial charge in [-0.3, -0.25) is 9.69 Å². The molecule has 0 radical (unpaired) electrons.